The lowest BCUT2D eigenvalue weighted by atomic mass is 9.67. The fourth-order valence-electron chi connectivity index (χ4n) is 9.68. The molecule has 0 fully saturated rings. The Labute approximate surface area is 395 Å². The lowest BCUT2D eigenvalue weighted by Crippen LogP contribution is -2.29. The largest absolute Gasteiger partial charge is 0.322 e. The molecule has 3 aliphatic rings. The van der Waals surface area contributed by atoms with Gasteiger partial charge in [0.1, 0.15) is 0 Å². The summed E-state index contributed by atoms with van der Waals surface area (Å²) in [6.45, 7) is 0. The van der Waals surface area contributed by atoms with Gasteiger partial charge < -0.3 is 10.6 Å². The van der Waals surface area contributed by atoms with Crippen LogP contribution in [0.1, 0.15) is 95.5 Å². The average Bonchev–Trinajstić information content (AvgIpc) is 3.94. The minimum atomic E-state index is -0.807. The van der Waals surface area contributed by atoms with Crippen LogP contribution in [0.2, 0.25) is 0 Å². The van der Waals surface area contributed by atoms with Crippen molar-refractivity contribution in [2.24, 2.45) is 0 Å². The number of nitrogens with zero attached hydrogens (tertiary/aromatic N) is 2. The number of carbonyl (C=O) groups is 6. The molecule has 1 aliphatic carbocycles. The summed E-state index contributed by atoms with van der Waals surface area (Å²) in [5.41, 5.74) is 9.37. The minimum absolute atomic E-state index is 0.129. The van der Waals surface area contributed by atoms with E-state index in [2.05, 4.69) is 46.7 Å². The highest BCUT2D eigenvalue weighted by atomic mass is 16.2. The number of anilines is 4. The molecule has 6 amide bonds. The number of amides is 6. The van der Waals surface area contributed by atoms with Crippen LogP contribution in [0.5, 0.6) is 0 Å². The lowest BCUT2D eigenvalue weighted by molar-refractivity contribution is 0.0910. The maximum Gasteiger partial charge on any atom is 0.266 e. The Balaban J connectivity index is 0.863. The first kappa shape index (κ1) is 41.8. The van der Waals surface area contributed by atoms with Gasteiger partial charge in [-0.2, -0.15) is 0 Å². The van der Waals surface area contributed by atoms with Crippen LogP contribution in [-0.4, -0.2) is 35.4 Å². The molecule has 2 heterocycles. The van der Waals surface area contributed by atoms with Crippen LogP contribution < -0.4 is 20.4 Å². The molecular weight excluding hydrogens is 861 g/mol. The molecule has 0 bridgehead atoms. The van der Waals surface area contributed by atoms with Gasteiger partial charge in [-0.15, -0.1) is 12.8 Å². The lowest BCUT2D eigenvalue weighted by Gasteiger charge is -2.34. The number of imide groups is 2. The van der Waals surface area contributed by atoms with E-state index in [0.29, 0.717) is 33.9 Å². The van der Waals surface area contributed by atoms with Crippen LogP contribution in [0, 0.1) is 24.7 Å². The zero-order valence-electron chi connectivity index (χ0n) is 36.3. The first-order valence-electron chi connectivity index (χ1n) is 21.8. The quantitative estimate of drug-likeness (QED) is 0.115. The highest BCUT2D eigenvalue weighted by molar-refractivity contribution is 6.35. The van der Waals surface area contributed by atoms with Gasteiger partial charge in [0, 0.05) is 33.6 Å². The molecule has 10 nitrogen and oxygen atoms in total. The van der Waals surface area contributed by atoms with E-state index in [1.807, 2.05) is 72.8 Å². The van der Waals surface area contributed by atoms with Crippen LogP contribution in [0.4, 0.5) is 22.7 Å². The predicted octanol–water partition coefficient (Wildman–Crippen LogP) is 10.1. The maximum atomic E-state index is 13.7. The van der Waals surface area contributed by atoms with E-state index >= 15 is 0 Å². The highest BCUT2D eigenvalue weighted by Gasteiger charge is 2.46. The molecule has 10 heteroatoms. The maximum absolute atomic E-state index is 13.7. The summed E-state index contributed by atoms with van der Waals surface area (Å²) in [4.78, 5) is 83.2. The van der Waals surface area contributed by atoms with E-state index < -0.39 is 40.9 Å². The van der Waals surface area contributed by atoms with Gasteiger partial charge in [-0.05, 0) is 143 Å². The topological polar surface area (TPSA) is 133 Å². The molecule has 0 radical (unpaired) electrons. The SMILES string of the molecule is C#Cc1ccc(N2C(=O)c3ccc(C(=O)Nc4ccc(C5(c6ccc(NC(=O)c7ccc8c(c7)C(=O)N(c7ccc(C#C)cc7)C8=O)cc6)c6ccccc6-c6ccccc65)cc4)cc3C2=O)cc1. The number of hydrogen-bond acceptors (Lipinski definition) is 6. The van der Waals surface area contributed by atoms with E-state index in [1.54, 1.807) is 48.5 Å². The molecule has 8 aromatic carbocycles. The van der Waals surface area contributed by atoms with Crippen molar-refractivity contribution < 1.29 is 28.8 Å². The molecule has 0 spiro atoms. The van der Waals surface area contributed by atoms with E-state index in [-0.39, 0.29) is 33.4 Å². The van der Waals surface area contributed by atoms with Gasteiger partial charge in [-0.1, -0.05) is 84.6 Å². The number of carbonyl (C=O) groups excluding carboxylic acids is 6. The van der Waals surface area contributed by atoms with Crippen molar-refractivity contribution in [2.45, 2.75) is 5.41 Å². The number of hydrogen-bond donors (Lipinski definition) is 2. The second-order valence-electron chi connectivity index (χ2n) is 16.7. The summed E-state index contributed by atoms with van der Waals surface area (Å²) in [5, 5.41) is 5.92. The highest BCUT2D eigenvalue weighted by Crippen LogP contribution is 2.56. The monoisotopic (exact) mass is 894 g/mol. The van der Waals surface area contributed by atoms with Crippen LogP contribution in [0.25, 0.3) is 11.1 Å². The van der Waals surface area contributed by atoms with Crippen molar-refractivity contribution in [3.8, 4) is 35.8 Å². The van der Waals surface area contributed by atoms with Crippen molar-refractivity contribution >= 4 is 58.2 Å². The van der Waals surface area contributed by atoms with Gasteiger partial charge in [-0.25, -0.2) is 9.80 Å². The van der Waals surface area contributed by atoms with Crippen molar-refractivity contribution in [1.29, 1.82) is 0 Å². The van der Waals surface area contributed by atoms with Crippen molar-refractivity contribution in [1.82, 2.24) is 0 Å². The van der Waals surface area contributed by atoms with Crippen molar-refractivity contribution in [2.75, 3.05) is 20.4 Å². The molecule has 11 rings (SSSR count). The van der Waals surface area contributed by atoms with Gasteiger partial charge in [0.05, 0.1) is 39.0 Å². The van der Waals surface area contributed by atoms with Gasteiger partial charge in [0.15, 0.2) is 0 Å². The van der Waals surface area contributed by atoms with Gasteiger partial charge in [-0.3, -0.25) is 28.8 Å². The molecule has 69 heavy (non-hydrogen) atoms. The van der Waals surface area contributed by atoms with Gasteiger partial charge in [0.2, 0.25) is 0 Å². The number of fused-ring (bicyclic) bond motifs is 5. The van der Waals surface area contributed by atoms with Crippen molar-refractivity contribution in [3.63, 3.8) is 0 Å². The zero-order chi connectivity index (χ0) is 47.6. The Morgan fingerprint density at radius 3 is 1.14 bits per heavy atom. The first-order valence-corrected chi connectivity index (χ1v) is 21.8. The van der Waals surface area contributed by atoms with E-state index in [0.717, 1.165) is 43.2 Å². The summed E-state index contributed by atoms with van der Waals surface area (Å²) in [6, 6.07) is 53.7. The molecule has 8 aromatic rings. The molecule has 2 N–H and O–H groups in total. The smallest absolute Gasteiger partial charge is 0.266 e. The Kier molecular flexibility index (Phi) is 9.82. The zero-order valence-corrected chi connectivity index (χ0v) is 36.3. The molecule has 326 valence electrons. The standard InChI is InChI=1S/C59H34N4O6/c1-3-35-13-27-43(28-14-35)62-55(66)47-31-17-37(33-49(47)57(62)68)53(64)60-41-23-19-39(20-24-41)59(51-11-7-5-9-45(51)46-10-6-8-12-52(46)59)40-21-25-42(26-22-40)61-54(65)38-18-32-48-50(34-38)58(69)63(56(48)67)44-29-15-36(4-2)16-30-44/h1-2,5-34H,(H,60,64)(H,61,65). The number of terminal acetylenes is 2. The van der Waals surface area contributed by atoms with Crippen LogP contribution in [0.3, 0.4) is 0 Å². The normalized spacial score (nSPS) is 13.8. The fourth-order valence-corrected chi connectivity index (χ4v) is 9.68. The third kappa shape index (κ3) is 6.63. The third-order valence-corrected chi connectivity index (χ3v) is 13.0. The van der Waals surface area contributed by atoms with E-state index in [1.165, 1.54) is 36.4 Å². The summed E-state index contributed by atoms with van der Waals surface area (Å²) >= 11 is 0. The molecule has 0 saturated heterocycles. The summed E-state index contributed by atoms with van der Waals surface area (Å²) in [7, 11) is 0. The first-order chi connectivity index (χ1) is 33.6. The predicted molar refractivity (Wildman–Crippen MR) is 264 cm³/mol. The minimum Gasteiger partial charge on any atom is -0.322 e. The Bertz CT molecular complexity index is 3400. The van der Waals surface area contributed by atoms with E-state index in [9.17, 15) is 28.8 Å². The summed E-state index contributed by atoms with van der Waals surface area (Å²) < 4.78 is 0. The molecule has 0 atom stereocenters. The van der Waals surface area contributed by atoms with Crippen LogP contribution in [-0.2, 0) is 5.41 Å². The number of benzene rings is 8. The molecule has 0 aromatic heterocycles. The molecule has 0 unspecified atom stereocenters. The van der Waals surface area contributed by atoms with Crippen molar-refractivity contribution in [3.05, 3.63) is 249 Å². The van der Waals surface area contributed by atoms with Crippen LogP contribution >= 0.6 is 0 Å². The average molecular weight is 895 g/mol. The Morgan fingerprint density at radius 2 is 0.768 bits per heavy atom. The van der Waals surface area contributed by atoms with Gasteiger partial charge >= 0.3 is 0 Å². The second kappa shape index (κ2) is 16.2. The number of rotatable bonds is 8. The molecular formula is C59H34N4O6. The summed E-state index contributed by atoms with van der Waals surface area (Å²) in [6.07, 6.45) is 11.0. The Hall–Kier alpha value is -9.90. The second-order valence-corrected chi connectivity index (χ2v) is 16.7. The molecule has 2 aliphatic heterocycles. The molecule has 0 saturated carbocycles. The third-order valence-electron chi connectivity index (χ3n) is 13.0. The Morgan fingerprint density at radius 1 is 0.406 bits per heavy atom. The number of nitrogens with one attached hydrogen (secondary N) is 2. The van der Waals surface area contributed by atoms with Crippen LogP contribution in [0.15, 0.2) is 182 Å². The van der Waals surface area contributed by atoms with E-state index in [4.69, 9.17) is 12.8 Å². The fraction of sp³-hybridized carbons (Fsp3) is 0.0169. The van der Waals surface area contributed by atoms with Gasteiger partial charge in [0.25, 0.3) is 35.4 Å². The summed E-state index contributed by atoms with van der Waals surface area (Å²) in [5.74, 6) is 2.08.